The van der Waals surface area contributed by atoms with E-state index in [0.717, 1.165) is 55.1 Å². The molecule has 1 fully saturated rings. The zero-order valence-electron chi connectivity index (χ0n) is 13.9. The van der Waals surface area contributed by atoms with E-state index >= 15 is 0 Å². The SMILES string of the molecule is Fc1ccc(CN2CCN(Cc3nc4ccccc4[nH]3)CC2)cc1F. The third-order valence-corrected chi connectivity index (χ3v) is 4.67. The number of nitrogens with zero attached hydrogens (tertiary/aromatic N) is 3. The Bertz CT molecular complexity index is 836. The number of aromatic amines is 1. The average Bonchev–Trinajstić information content (AvgIpc) is 3.02. The topological polar surface area (TPSA) is 35.2 Å². The van der Waals surface area contributed by atoms with Gasteiger partial charge in [0.1, 0.15) is 5.82 Å². The summed E-state index contributed by atoms with van der Waals surface area (Å²) < 4.78 is 26.3. The van der Waals surface area contributed by atoms with Crippen LogP contribution in [-0.2, 0) is 13.1 Å². The van der Waals surface area contributed by atoms with E-state index < -0.39 is 11.6 Å². The average molecular weight is 342 g/mol. The molecule has 0 radical (unpaired) electrons. The molecule has 0 atom stereocenters. The molecule has 0 bridgehead atoms. The van der Waals surface area contributed by atoms with Crippen LogP contribution in [0.15, 0.2) is 42.5 Å². The number of piperazine rings is 1. The van der Waals surface area contributed by atoms with E-state index in [4.69, 9.17) is 0 Å². The summed E-state index contributed by atoms with van der Waals surface area (Å²) in [6.45, 7) is 5.11. The van der Waals surface area contributed by atoms with Crippen molar-refractivity contribution in [2.24, 2.45) is 0 Å². The van der Waals surface area contributed by atoms with Crippen molar-refractivity contribution in [2.45, 2.75) is 13.1 Å². The fourth-order valence-corrected chi connectivity index (χ4v) is 3.29. The number of nitrogens with one attached hydrogen (secondary N) is 1. The van der Waals surface area contributed by atoms with Crippen LogP contribution in [0.4, 0.5) is 8.78 Å². The molecule has 0 spiro atoms. The highest BCUT2D eigenvalue weighted by atomic mass is 19.2. The minimum Gasteiger partial charge on any atom is -0.341 e. The Kier molecular flexibility index (Phi) is 4.46. The third kappa shape index (κ3) is 3.70. The van der Waals surface area contributed by atoms with Crippen LogP contribution in [0, 0.1) is 11.6 Å². The van der Waals surface area contributed by atoms with Crippen LogP contribution >= 0.6 is 0 Å². The van der Waals surface area contributed by atoms with Gasteiger partial charge in [-0.25, -0.2) is 13.8 Å². The first-order valence-electron chi connectivity index (χ1n) is 8.50. The standard InChI is InChI=1S/C19H20F2N4/c20-15-6-5-14(11-16(15)21)12-24-7-9-25(10-8-24)13-19-22-17-3-1-2-4-18(17)23-19/h1-6,11H,7-10,12-13H2,(H,22,23). The lowest BCUT2D eigenvalue weighted by Crippen LogP contribution is -2.45. The quantitative estimate of drug-likeness (QED) is 0.791. The van der Waals surface area contributed by atoms with Crippen LogP contribution < -0.4 is 0 Å². The van der Waals surface area contributed by atoms with E-state index in [0.29, 0.717) is 6.54 Å². The second-order valence-electron chi connectivity index (χ2n) is 6.50. The van der Waals surface area contributed by atoms with E-state index in [1.165, 1.54) is 12.1 Å². The minimum absolute atomic E-state index is 0.648. The molecule has 25 heavy (non-hydrogen) atoms. The first kappa shape index (κ1) is 16.2. The predicted molar refractivity (Wildman–Crippen MR) is 93.0 cm³/mol. The Morgan fingerprint density at radius 3 is 2.32 bits per heavy atom. The molecule has 4 nitrogen and oxygen atoms in total. The highest BCUT2D eigenvalue weighted by molar-refractivity contribution is 5.74. The molecule has 3 aromatic rings. The van der Waals surface area contributed by atoms with Crippen molar-refractivity contribution in [2.75, 3.05) is 26.2 Å². The van der Waals surface area contributed by atoms with Crippen LogP contribution in [0.5, 0.6) is 0 Å². The molecule has 0 saturated carbocycles. The van der Waals surface area contributed by atoms with Crippen molar-refractivity contribution < 1.29 is 8.78 Å². The van der Waals surface area contributed by atoms with Crippen molar-refractivity contribution >= 4 is 11.0 Å². The second kappa shape index (κ2) is 6.90. The number of aromatic nitrogens is 2. The summed E-state index contributed by atoms with van der Waals surface area (Å²) in [5.74, 6) is -0.587. The molecule has 1 aromatic heterocycles. The number of hydrogen-bond donors (Lipinski definition) is 1. The Balaban J connectivity index is 1.32. The lowest BCUT2D eigenvalue weighted by atomic mass is 10.2. The van der Waals surface area contributed by atoms with Crippen molar-refractivity contribution in [1.29, 1.82) is 0 Å². The molecule has 0 amide bonds. The smallest absolute Gasteiger partial charge is 0.159 e. The van der Waals surface area contributed by atoms with Gasteiger partial charge in [0.15, 0.2) is 11.6 Å². The van der Waals surface area contributed by atoms with Gasteiger partial charge < -0.3 is 4.98 Å². The Hall–Kier alpha value is -2.31. The third-order valence-electron chi connectivity index (χ3n) is 4.67. The van der Waals surface area contributed by atoms with Gasteiger partial charge in [0.05, 0.1) is 17.6 Å². The van der Waals surface area contributed by atoms with Crippen LogP contribution in [0.2, 0.25) is 0 Å². The summed E-state index contributed by atoms with van der Waals surface area (Å²) >= 11 is 0. The highest BCUT2D eigenvalue weighted by Gasteiger charge is 2.18. The molecular formula is C19H20F2N4. The fourth-order valence-electron chi connectivity index (χ4n) is 3.29. The lowest BCUT2D eigenvalue weighted by molar-refractivity contribution is 0.120. The molecule has 2 heterocycles. The molecule has 1 N–H and O–H groups in total. The number of imidazole rings is 1. The molecule has 4 rings (SSSR count). The maximum Gasteiger partial charge on any atom is 0.159 e. The molecule has 1 saturated heterocycles. The Morgan fingerprint density at radius 2 is 1.60 bits per heavy atom. The summed E-state index contributed by atoms with van der Waals surface area (Å²) in [6, 6.07) is 12.2. The zero-order valence-corrected chi connectivity index (χ0v) is 13.9. The van der Waals surface area contributed by atoms with Crippen LogP contribution in [-0.4, -0.2) is 45.9 Å². The molecule has 130 valence electrons. The van der Waals surface area contributed by atoms with Crippen molar-refractivity contribution in [3.8, 4) is 0 Å². The monoisotopic (exact) mass is 342 g/mol. The van der Waals surface area contributed by atoms with E-state index in [2.05, 4.69) is 19.8 Å². The summed E-state index contributed by atoms with van der Waals surface area (Å²) in [4.78, 5) is 12.6. The van der Waals surface area contributed by atoms with E-state index in [1.807, 2.05) is 24.3 Å². The van der Waals surface area contributed by atoms with Gasteiger partial charge >= 0.3 is 0 Å². The number of hydrogen-bond acceptors (Lipinski definition) is 3. The van der Waals surface area contributed by atoms with Gasteiger partial charge in [0.2, 0.25) is 0 Å². The number of para-hydroxylation sites is 2. The highest BCUT2D eigenvalue weighted by Crippen LogP contribution is 2.15. The van der Waals surface area contributed by atoms with Gasteiger partial charge in [-0.05, 0) is 29.8 Å². The second-order valence-corrected chi connectivity index (χ2v) is 6.50. The van der Waals surface area contributed by atoms with Gasteiger partial charge in [-0.2, -0.15) is 0 Å². The van der Waals surface area contributed by atoms with Gasteiger partial charge in [0, 0.05) is 32.7 Å². The first-order valence-corrected chi connectivity index (χ1v) is 8.50. The normalized spacial score (nSPS) is 16.6. The number of H-pyrrole nitrogens is 1. The number of halogens is 2. The predicted octanol–water partition coefficient (Wildman–Crippen LogP) is 3.16. The van der Waals surface area contributed by atoms with Crippen molar-refractivity contribution in [3.63, 3.8) is 0 Å². The fraction of sp³-hybridized carbons (Fsp3) is 0.316. The maximum atomic E-state index is 13.3. The minimum atomic E-state index is -0.792. The van der Waals surface area contributed by atoms with E-state index in [-0.39, 0.29) is 0 Å². The molecule has 1 aliphatic heterocycles. The van der Waals surface area contributed by atoms with Crippen molar-refractivity contribution in [1.82, 2.24) is 19.8 Å². The molecule has 6 heteroatoms. The van der Waals surface area contributed by atoms with Gasteiger partial charge in [-0.1, -0.05) is 18.2 Å². The number of rotatable bonds is 4. The lowest BCUT2D eigenvalue weighted by Gasteiger charge is -2.34. The summed E-state index contributed by atoms with van der Waals surface area (Å²) in [5.41, 5.74) is 2.87. The molecule has 0 unspecified atom stereocenters. The van der Waals surface area contributed by atoms with Crippen LogP contribution in [0.1, 0.15) is 11.4 Å². The Labute approximate surface area is 145 Å². The summed E-state index contributed by atoms with van der Waals surface area (Å²) in [6.07, 6.45) is 0. The van der Waals surface area contributed by atoms with Gasteiger partial charge in [0.25, 0.3) is 0 Å². The van der Waals surface area contributed by atoms with Crippen molar-refractivity contribution in [3.05, 3.63) is 65.5 Å². The summed E-state index contributed by atoms with van der Waals surface area (Å²) in [7, 11) is 0. The molecule has 2 aromatic carbocycles. The van der Waals surface area contributed by atoms with Gasteiger partial charge in [-0.15, -0.1) is 0 Å². The molecule has 1 aliphatic rings. The zero-order chi connectivity index (χ0) is 17.2. The Morgan fingerprint density at radius 1 is 0.880 bits per heavy atom. The van der Waals surface area contributed by atoms with Gasteiger partial charge in [-0.3, -0.25) is 9.80 Å². The van der Waals surface area contributed by atoms with Crippen LogP contribution in [0.3, 0.4) is 0 Å². The first-order chi connectivity index (χ1) is 12.2. The number of benzene rings is 2. The summed E-state index contributed by atoms with van der Waals surface area (Å²) in [5, 5.41) is 0. The van der Waals surface area contributed by atoms with E-state index in [9.17, 15) is 8.78 Å². The molecule has 0 aliphatic carbocycles. The maximum absolute atomic E-state index is 13.3. The van der Waals surface area contributed by atoms with Crippen LogP contribution in [0.25, 0.3) is 11.0 Å². The van der Waals surface area contributed by atoms with E-state index in [1.54, 1.807) is 6.07 Å². The number of fused-ring (bicyclic) bond motifs is 1. The largest absolute Gasteiger partial charge is 0.341 e. The molecular weight excluding hydrogens is 322 g/mol.